The zero-order valence-electron chi connectivity index (χ0n) is 14.9. The lowest BCUT2D eigenvalue weighted by atomic mass is 9.92. The van der Waals surface area contributed by atoms with Crippen molar-refractivity contribution >= 4 is 29.2 Å². The van der Waals surface area contributed by atoms with Crippen molar-refractivity contribution in [2.24, 2.45) is 0 Å². The van der Waals surface area contributed by atoms with E-state index in [1.807, 2.05) is 36.6 Å². The van der Waals surface area contributed by atoms with Crippen LogP contribution in [-0.2, 0) is 28.0 Å². The summed E-state index contributed by atoms with van der Waals surface area (Å²) in [4.78, 5) is 43.0. The van der Waals surface area contributed by atoms with Crippen LogP contribution < -0.4 is 10.6 Å². The van der Waals surface area contributed by atoms with E-state index in [1.165, 1.54) is 0 Å². The van der Waals surface area contributed by atoms with Gasteiger partial charge >= 0.3 is 6.03 Å². The molecule has 2 aromatic rings. The van der Waals surface area contributed by atoms with Crippen LogP contribution in [0.1, 0.15) is 28.2 Å². The third-order valence-electron chi connectivity index (χ3n) is 5.09. The molecule has 1 atom stereocenters. The Bertz CT molecular complexity index is 925. The number of urea groups is 1. The molecule has 4 rings (SSSR count). The number of rotatable bonds is 5. The first kappa shape index (κ1) is 17.7. The highest BCUT2D eigenvalue weighted by Crippen LogP contribution is 2.41. The maximum atomic E-state index is 13.0. The number of nitrogens with zero attached hydrogens (tertiary/aromatic N) is 2. The van der Waals surface area contributed by atoms with E-state index in [2.05, 4.69) is 15.6 Å². The SMILES string of the molecule is Cc1nc(CCNC(=O)CN2C(=O)N[C@@]3(CCc4ccccc43)C2=O)cs1. The number of benzene rings is 1. The number of aryl methyl sites for hydroxylation is 2. The van der Waals surface area contributed by atoms with Crippen LogP contribution in [0, 0.1) is 6.92 Å². The first-order valence-corrected chi connectivity index (χ1v) is 9.78. The minimum atomic E-state index is -1.02. The van der Waals surface area contributed by atoms with E-state index in [4.69, 9.17) is 0 Å². The minimum Gasteiger partial charge on any atom is -0.354 e. The molecule has 1 saturated heterocycles. The van der Waals surface area contributed by atoms with Crippen LogP contribution >= 0.6 is 11.3 Å². The summed E-state index contributed by atoms with van der Waals surface area (Å²) in [6.07, 6.45) is 1.88. The van der Waals surface area contributed by atoms with Crippen molar-refractivity contribution in [1.29, 1.82) is 0 Å². The molecule has 1 aromatic heterocycles. The van der Waals surface area contributed by atoms with E-state index in [0.29, 0.717) is 19.4 Å². The summed E-state index contributed by atoms with van der Waals surface area (Å²) in [5.74, 6) is -0.698. The van der Waals surface area contributed by atoms with Gasteiger partial charge in [0.05, 0.1) is 10.7 Å². The quantitative estimate of drug-likeness (QED) is 0.765. The predicted octanol–water partition coefficient (Wildman–Crippen LogP) is 1.50. The second-order valence-corrected chi connectivity index (χ2v) is 7.90. The smallest absolute Gasteiger partial charge is 0.325 e. The summed E-state index contributed by atoms with van der Waals surface area (Å²) in [6.45, 7) is 2.08. The van der Waals surface area contributed by atoms with Gasteiger partial charge in [0.15, 0.2) is 0 Å². The molecule has 1 fully saturated rings. The number of hydrogen-bond acceptors (Lipinski definition) is 5. The third kappa shape index (κ3) is 3.10. The van der Waals surface area contributed by atoms with Gasteiger partial charge in [-0.05, 0) is 30.9 Å². The Morgan fingerprint density at radius 3 is 2.96 bits per heavy atom. The van der Waals surface area contributed by atoms with Crippen molar-refractivity contribution in [3.8, 4) is 0 Å². The highest BCUT2D eigenvalue weighted by Gasteiger charge is 2.55. The number of amides is 4. The predicted molar refractivity (Wildman–Crippen MR) is 100 cm³/mol. The van der Waals surface area contributed by atoms with E-state index in [9.17, 15) is 14.4 Å². The Balaban J connectivity index is 1.39. The molecule has 1 aromatic carbocycles. The van der Waals surface area contributed by atoms with Gasteiger partial charge in [-0.25, -0.2) is 9.78 Å². The largest absolute Gasteiger partial charge is 0.354 e. The fourth-order valence-electron chi connectivity index (χ4n) is 3.79. The highest BCUT2D eigenvalue weighted by molar-refractivity contribution is 7.09. The Labute approximate surface area is 160 Å². The molecule has 0 radical (unpaired) electrons. The van der Waals surface area contributed by atoms with Crippen LogP contribution in [0.3, 0.4) is 0 Å². The van der Waals surface area contributed by atoms with E-state index in [0.717, 1.165) is 33.1 Å². The molecule has 4 amide bonds. The molecule has 1 spiro atoms. The average Bonchev–Trinajstić information content (AvgIpc) is 3.29. The Hall–Kier alpha value is -2.74. The van der Waals surface area contributed by atoms with Gasteiger partial charge in [-0.2, -0.15) is 0 Å². The van der Waals surface area contributed by atoms with Gasteiger partial charge in [0.1, 0.15) is 12.1 Å². The lowest BCUT2D eigenvalue weighted by Gasteiger charge is -2.22. The fraction of sp³-hybridized carbons (Fsp3) is 0.368. The van der Waals surface area contributed by atoms with Gasteiger partial charge < -0.3 is 10.6 Å². The molecule has 2 aliphatic rings. The zero-order chi connectivity index (χ0) is 19.0. The summed E-state index contributed by atoms with van der Waals surface area (Å²) in [5, 5.41) is 8.53. The Morgan fingerprint density at radius 1 is 1.37 bits per heavy atom. The van der Waals surface area contributed by atoms with Crippen molar-refractivity contribution < 1.29 is 14.4 Å². The van der Waals surface area contributed by atoms with E-state index in [1.54, 1.807) is 11.3 Å². The minimum absolute atomic E-state index is 0.273. The summed E-state index contributed by atoms with van der Waals surface area (Å²) >= 11 is 1.57. The van der Waals surface area contributed by atoms with Gasteiger partial charge in [0.2, 0.25) is 5.91 Å². The van der Waals surface area contributed by atoms with Crippen LogP contribution in [0.2, 0.25) is 0 Å². The topological polar surface area (TPSA) is 91.4 Å². The number of fused-ring (bicyclic) bond motifs is 2. The highest BCUT2D eigenvalue weighted by atomic mass is 32.1. The molecule has 0 bridgehead atoms. The van der Waals surface area contributed by atoms with Crippen LogP contribution in [0.15, 0.2) is 29.6 Å². The molecule has 2 heterocycles. The number of carbonyl (C=O) groups is 3. The lowest BCUT2D eigenvalue weighted by Crippen LogP contribution is -2.44. The van der Waals surface area contributed by atoms with E-state index >= 15 is 0 Å². The van der Waals surface area contributed by atoms with Crippen LogP contribution in [-0.4, -0.2) is 40.8 Å². The maximum absolute atomic E-state index is 13.0. The summed E-state index contributed by atoms with van der Waals surface area (Å²) in [5.41, 5.74) is 1.81. The molecular weight excluding hydrogens is 364 g/mol. The van der Waals surface area contributed by atoms with Crippen LogP contribution in [0.5, 0.6) is 0 Å². The normalized spacial score (nSPS) is 20.9. The van der Waals surface area contributed by atoms with Crippen LogP contribution in [0.4, 0.5) is 4.79 Å². The first-order chi connectivity index (χ1) is 13.0. The number of aromatic nitrogens is 1. The van der Waals surface area contributed by atoms with Crippen molar-refractivity contribution in [1.82, 2.24) is 20.5 Å². The molecule has 8 heteroatoms. The molecular formula is C19H20N4O3S. The molecule has 0 saturated carbocycles. The second kappa shape index (κ2) is 6.77. The molecule has 2 N–H and O–H groups in total. The van der Waals surface area contributed by atoms with Gasteiger partial charge in [-0.3, -0.25) is 14.5 Å². The molecule has 140 valence electrons. The summed E-state index contributed by atoms with van der Waals surface area (Å²) in [6, 6.07) is 7.12. The standard InChI is InChI=1S/C19H20N4O3S/c1-12-21-14(11-27-12)7-9-20-16(24)10-23-17(25)19(22-18(23)26)8-6-13-4-2-3-5-15(13)19/h2-5,11H,6-10H2,1H3,(H,20,24)(H,22,26)/t19-/m1/s1. The number of imide groups is 1. The second-order valence-electron chi connectivity index (χ2n) is 6.84. The van der Waals surface area contributed by atoms with Gasteiger partial charge in [0, 0.05) is 18.3 Å². The van der Waals surface area contributed by atoms with Gasteiger partial charge in [-0.15, -0.1) is 11.3 Å². The molecule has 1 aliphatic heterocycles. The van der Waals surface area contributed by atoms with Gasteiger partial charge in [-0.1, -0.05) is 24.3 Å². The summed E-state index contributed by atoms with van der Waals surface area (Å²) in [7, 11) is 0. The van der Waals surface area contributed by atoms with Crippen molar-refractivity contribution in [2.75, 3.05) is 13.1 Å². The number of nitrogens with one attached hydrogen (secondary N) is 2. The summed E-state index contributed by atoms with van der Waals surface area (Å²) < 4.78 is 0. The van der Waals surface area contributed by atoms with Crippen LogP contribution in [0.25, 0.3) is 0 Å². The Morgan fingerprint density at radius 2 is 2.19 bits per heavy atom. The maximum Gasteiger partial charge on any atom is 0.325 e. The monoisotopic (exact) mass is 384 g/mol. The average molecular weight is 384 g/mol. The molecule has 7 nitrogen and oxygen atoms in total. The van der Waals surface area contributed by atoms with Crippen molar-refractivity contribution in [3.63, 3.8) is 0 Å². The van der Waals surface area contributed by atoms with Gasteiger partial charge in [0.25, 0.3) is 5.91 Å². The van der Waals surface area contributed by atoms with E-state index < -0.39 is 11.6 Å². The molecule has 1 aliphatic carbocycles. The third-order valence-corrected chi connectivity index (χ3v) is 5.92. The zero-order valence-corrected chi connectivity index (χ0v) is 15.8. The number of carbonyl (C=O) groups excluding carboxylic acids is 3. The number of hydrogen-bond donors (Lipinski definition) is 2. The van der Waals surface area contributed by atoms with Crippen molar-refractivity contribution in [3.05, 3.63) is 51.5 Å². The lowest BCUT2D eigenvalue weighted by molar-refractivity contribution is -0.135. The Kier molecular flexibility index (Phi) is 4.43. The first-order valence-electron chi connectivity index (χ1n) is 8.90. The van der Waals surface area contributed by atoms with E-state index in [-0.39, 0.29) is 18.4 Å². The van der Waals surface area contributed by atoms with Crippen molar-refractivity contribution in [2.45, 2.75) is 31.7 Å². The fourth-order valence-corrected chi connectivity index (χ4v) is 4.43. The molecule has 27 heavy (non-hydrogen) atoms. The number of thiazole rings is 1. The molecule has 0 unspecified atom stereocenters.